The van der Waals surface area contributed by atoms with Crippen molar-refractivity contribution < 1.29 is 19.4 Å². The quantitative estimate of drug-likeness (QED) is 0.609. The third kappa shape index (κ3) is 2.49. The summed E-state index contributed by atoms with van der Waals surface area (Å²) in [5.41, 5.74) is -0.192. The fourth-order valence-corrected chi connectivity index (χ4v) is 6.27. The smallest absolute Gasteiger partial charge is 0.147 e. The number of hydrogen-bond acceptors (Lipinski definition) is 4. The molecule has 0 unspecified atom stereocenters. The van der Waals surface area contributed by atoms with Crippen LogP contribution in [0.3, 0.4) is 0 Å². The fourth-order valence-electron chi connectivity index (χ4n) is 6.27. The molecule has 26 heavy (non-hydrogen) atoms. The minimum Gasteiger partial charge on any atom is -0.392 e. The first-order valence-corrected chi connectivity index (χ1v) is 9.81. The van der Waals surface area contributed by atoms with Crippen LogP contribution in [0.4, 0.5) is 0 Å². The molecule has 1 N–H and O–H groups in total. The lowest BCUT2D eigenvalue weighted by molar-refractivity contribution is -0.170. The van der Waals surface area contributed by atoms with Gasteiger partial charge in [-0.15, -0.1) is 6.58 Å². The van der Waals surface area contributed by atoms with Gasteiger partial charge in [-0.2, -0.15) is 0 Å². The first-order valence-electron chi connectivity index (χ1n) is 9.81. The largest absolute Gasteiger partial charge is 0.392 e. The number of carbonyl (C=O) groups is 1. The average molecular weight is 363 g/mol. The number of ether oxygens (including phenoxy) is 2. The van der Waals surface area contributed by atoms with Crippen molar-refractivity contribution >= 4 is 5.78 Å². The molecule has 3 saturated carbocycles. The molecule has 0 aliphatic heterocycles. The van der Waals surface area contributed by atoms with Gasteiger partial charge in [-0.3, -0.25) is 4.79 Å². The zero-order valence-corrected chi connectivity index (χ0v) is 16.7. The molecule has 0 aromatic carbocycles. The highest BCUT2D eigenvalue weighted by Crippen LogP contribution is 2.67. The van der Waals surface area contributed by atoms with Crippen molar-refractivity contribution in [2.45, 2.75) is 65.1 Å². The summed E-state index contributed by atoms with van der Waals surface area (Å²) in [6.45, 7) is 15.1. The second kappa shape index (κ2) is 6.57. The molecule has 2 bridgehead atoms. The van der Waals surface area contributed by atoms with Crippen LogP contribution in [0.5, 0.6) is 0 Å². The van der Waals surface area contributed by atoms with Crippen LogP contribution < -0.4 is 0 Å². The van der Waals surface area contributed by atoms with Gasteiger partial charge >= 0.3 is 0 Å². The second-order valence-corrected chi connectivity index (χ2v) is 9.27. The van der Waals surface area contributed by atoms with Crippen molar-refractivity contribution in [2.24, 2.45) is 28.1 Å². The molecule has 3 aliphatic rings. The Morgan fingerprint density at radius 2 is 2.04 bits per heavy atom. The minimum atomic E-state index is -0.589. The van der Waals surface area contributed by atoms with Gasteiger partial charge < -0.3 is 14.6 Å². The predicted molar refractivity (Wildman–Crippen MR) is 101 cm³/mol. The number of hydrogen-bond donors (Lipinski definition) is 1. The van der Waals surface area contributed by atoms with Crippen LogP contribution in [0.2, 0.25) is 0 Å². The molecule has 7 atom stereocenters. The zero-order valence-electron chi connectivity index (χ0n) is 16.7. The summed E-state index contributed by atoms with van der Waals surface area (Å²) in [5.74, 6) is 0.396. The van der Waals surface area contributed by atoms with Gasteiger partial charge in [-0.1, -0.05) is 33.4 Å². The van der Waals surface area contributed by atoms with E-state index in [9.17, 15) is 9.90 Å². The number of aliphatic hydroxyl groups excluding tert-OH is 1. The molecule has 3 aliphatic carbocycles. The number of aliphatic hydroxyl groups is 1. The average Bonchev–Trinajstić information content (AvgIpc) is 2.96. The van der Waals surface area contributed by atoms with E-state index in [1.165, 1.54) is 0 Å². The van der Waals surface area contributed by atoms with Crippen molar-refractivity contribution in [2.75, 3.05) is 13.9 Å². The lowest BCUT2D eigenvalue weighted by atomic mass is 9.45. The van der Waals surface area contributed by atoms with Gasteiger partial charge in [0.25, 0.3) is 0 Å². The van der Waals surface area contributed by atoms with Crippen molar-refractivity contribution in [1.29, 1.82) is 0 Å². The number of carbonyl (C=O) groups excluding carboxylic acids is 1. The third-order valence-corrected chi connectivity index (χ3v) is 8.12. The monoisotopic (exact) mass is 362 g/mol. The Morgan fingerprint density at radius 3 is 2.65 bits per heavy atom. The Morgan fingerprint density at radius 1 is 1.35 bits per heavy atom. The van der Waals surface area contributed by atoms with Crippen LogP contribution in [0.25, 0.3) is 0 Å². The second-order valence-electron chi connectivity index (χ2n) is 9.27. The topological polar surface area (TPSA) is 55.8 Å². The molecule has 3 fully saturated rings. The molecule has 0 heterocycles. The summed E-state index contributed by atoms with van der Waals surface area (Å²) in [6.07, 6.45) is 4.80. The molecule has 0 aromatic heterocycles. The molecule has 0 saturated heterocycles. The summed E-state index contributed by atoms with van der Waals surface area (Å²) >= 11 is 0. The SMILES string of the molecule is C=C[C@@]1(C)C[C@@H](O)[C@]2(C)[C@H](C)CC[C@]3(CCC(=O)[C@H]32)C(=C)[C@@H]1OCOC. The van der Waals surface area contributed by atoms with E-state index >= 15 is 0 Å². The molecule has 0 spiro atoms. The first kappa shape index (κ1) is 19.8. The number of methoxy groups -OCH3 is 1. The Balaban J connectivity index is 2.18. The van der Waals surface area contributed by atoms with Gasteiger partial charge in [0.05, 0.1) is 12.2 Å². The van der Waals surface area contributed by atoms with Crippen LogP contribution in [-0.4, -0.2) is 37.0 Å². The van der Waals surface area contributed by atoms with Crippen molar-refractivity contribution in [3.63, 3.8) is 0 Å². The maximum absolute atomic E-state index is 13.0. The molecule has 0 aromatic rings. The lowest BCUT2D eigenvalue weighted by Crippen LogP contribution is -2.60. The fraction of sp³-hybridized carbons (Fsp3) is 0.773. The van der Waals surface area contributed by atoms with Crippen LogP contribution in [0.15, 0.2) is 24.8 Å². The summed E-state index contributed by atoms with van der Waals surface area (Å²) in [7, 11) is 1.60. The summed E-state index contributed by atoms with van der Waals surface area (Å²) in [6, 6.07) is 0. The van der Waals surface area contributed by atoms with E-state index in [1.54, 1.807) is 7.11 Å². The number of rotatable bonds is 4. The lowest BCUT2D eigenvalue weighted by Gasteiger charge is -2.60. The molecular weight excluding hydrogens is 328 g/mol. The molecule has 0 radical (unpaired) electrons. The van der Waals surface area contributed by atoms with E-state index in [0.717, 1.165) is 24.8 Å². The highest BCUT2D eigenvalue weighted by atomic mass is 16.7. The van der Waals surface area contributed by atoms with Gasteiger partial charge in [0.2, 0.25) is 0 Å². The Labute approximate surface area is 157 Å². The van der Waals surface area contributed by atoms with E-state index in [1.807, 2.05) is 6.08 Å². The van der Waals surface area contributed by atoms with Crippen molar-refractivity contribution in [3.05, 3.63) is 24.8 Å². The van der Waals surface area contributed by atoms with Crippen LogP contribution in [-0.2, 0) is 14.3 Å². The highest BCUT2D eigenvalue weighted by Gasteiger charge is 2.66. The van der Waals surface area contributed by atoms with Gasteiger partial charge in [-0.05, 0) is 37.2 Å². The van der Waals surface area contributed by atoms with Crippen molar-refractivity contribution in [3.8, 4) is 0 Å². The van der Waals surface area contributed by atoms with Crippen molar-refractivity contribution in [1.82, 2.24) is 0 Å². The maximum atomic E-state index is 13.0. The summed E-state index contributed by atoms with van der Waals surface area (Å²) in [5, 5.41) is 11.4. The van der Waals surface area contributed by atoms with Crippen LogP contribution in [0.1, 0.15) is 52.9 Å². The predicted octanol–water partition coefficient (Wildman–Crippen LogP) is 3.89. The highest BCUT2D eigenvalue weighted by molar-refractivity contribution is 5.86. The van der Waals surface area contributed by atoms with Gasteiger partial charge in [-0.25, -0.2) is 0 Å². The minimum absolute atomic E-state index is 0.158. The van der Waals surface area contributed by atoms with Gasteiger partial charge in [0.1, 0.15) is 12.6 Å². The van der Waals surface area contributed by atoms with Gasteiger partial charge in [0.15, 0.2) is 0 Å². The molecule has 4 heteroatoms. The number of ketones is 1. The third-order valence-electron chi connectivity index (χ3n) is 8.12. The van der Waals surface area contributed by atoms with Gasteiger partial charge in [0, 0.05) is 35.7 Å². The van der Waals surface area contributed by atoms with Crippen LogP contribution >= 0.6 is 0 Å². The zero-order chi connectivity index (χ0) is 19.3. The standard InChI is InChI=1S/C22H34O4/c1-7-20(4)12-17(24)21(5)14(2)8-10-22(11-9-16(23)18(21)22)15(3)19(20)26-13-25-6/h7,14,17-19,24H,1,3,8-13H2,2,4-6H3/t14-,17-,18+,19+,20+,21+,22+/m1/s1. The Hall–Kier alpha value is -0.970. The maximum Gasteiger partial charge on any atom is 0.147 e. The molecular formula is C22H34O4. The molecule has 4 nitrogen and oxygen atoms in total. The number of Topliss-reactive ketones (excluding diaryl/α,β-unsaturated/α-hetero) is 1. The Kier molecular flexibility index (Phi) is 5.00. The molecule has 146 valence electrons. The summed E-state index contributed by atoms with van der Waals surface area (Å²) < 4.78 is 11.3. The van der Waals surface area contributed by atoms with Crippen LogP contribution in [0, 0.1) is 28.1 Å². The van der Waals surface area contributed by atoms with E-state index in [-0.39, 0.29) is 35.9 Å². The van der Waals surface area contributed by atoms with E-state index < -0.39 is 16.9 Å². The Bertz CT molecular complexity index is 613. The van der Waals surface area contributed by atoms with E-state index in [2.05, 4.69) is 33.9 Å². The molecule has 0 amide bonds. The first-order chi connectivity index (χ1) is 12.2. The van der Waals surface area contributed by atoms with E-state index in [0.29, 0.717) is 12.8 Å². The normalized spacial score (nSPS) is 48.7. The van der Waals surface area contributed by atoms with E-state index in [4.69, 9.17) is 9.47 Å². The molecule has 3 rings (SSSR count). The summed E-state index contributed by atoms with van der Waals surface area (Å²) in [4.78, 5) is 13.0.